The van der Waals surface area contributed by atoms with Crippen molar-refractivity contribution in [1.82, 2.24) is 0 Å². The van der Waals surface area contributed by atoms with E-state index in [1.807, 2.05) is 61.5 Å². The molecule has 0 aromatic heterocycles. The first-order valence-corrected chi connectivity index (χ1v) is 11.5. The molecule has 0 heterocycles. The van der Waals surface area contributed by atoms with Crippen molar-refractivity contribution in [3.8, 4) is 17.6 Å². The fourth-order valence-electron chi connectivity index (χ4n) is 3.08. The normalized spacial score (nSPS) is 10.9. The molecule has 0 aliphatic heterocycles. The number of benzene rings is 3. The smallest absolute Gasteiger partial charge is 0.266 e. The molecule has 6 heteroatoms. The molecule has 3 rings (SSSR count). The number of nitrogens with zero attached hydrogens (tertiary/aromatic N) is 1. The predicted molar refractivity (Wildman–Crippen MR) is 134 cm³/mol. The van der Waals surface area contributed by atoms with Crippen molar-refractivity contribution in [3.05, 3.63) is 93.5 Å². The summed E-state index contributed by atoms with van der Waals surface area (Å²) in [5.74, 6) is 0.683. The lowest BCUT2D eigenvalue weighted by Gasteiger charge is -2.13. The van der Waals surface area contributed by atoms with E-state index in [0.29, 0.717) is 36.0 Å². The van der Waals surface area contributed by atoms with Gasteiger partial charge < -0.3 is 14.8 Å². The Morgan fingerprint density at radius 2 is 1.67 bits per heavy atom. The standard InChI is InChI=1S/C27H25BrN2O3/c1-3-19-7-12-24(13-8-19)30-27(31)22(17-29)15-21-9-14-25(26(16-21)32-4-2)33-18-20-5-10-23(28)11-6-20/h5-16H,3-4,18H2,1-2H3,(H,30,31)/b22-15-. The van der Waals surface area contributed by atoms with E-state index in [1.54, 1.807) is 18.2 Å². The van der Waals surface area contributed by atoms with Crippen molar-refractivity contribution < 1.29 is 14.3 Å². The Morgan fingerprint density at radius 3 is 2.30 bits per heavy atom. The fraction of sp³-hybridized carbons (Fsp3) is 0.185. The van der Waals surface area contributed by atoms with Crippen molar-refractivity contribution >= 4 is 33.6 Å². The molecular weight excluding hydrogens is 480 g/mol. The maximum Gasteiger partial charge on any atom is 0.266 e. The summed E-state index contributed by atoms with van der Waals surface area (Å²) in [7, 11) is 0. The number of carbonyl (C=O) groups is 1. The molecule has 0 aliphatic rings. The third-order valence-electron chi connectivity index (χ3n) is 4.87. The number of nitriles is 1. The number of hydrogen-bond donors (Lipinski definition) is 1. The molecule has 0 radical (unpaired) electrons. The molecule has 1 amide bonds. The maximum absolute atomic E-state index is 12.6. The molecule has 0 aliphatic carbocycles. The van der Waals surface area contributed by atoms with E-state index in [2.05, 4.69) is 28.2 Å². The summed E-state index contributed by atoms with van der Waals surface area (Å²) in [6.07, 6.45) is 2.46. The average molecular weight is 505 g/mol. The summed E-state index contributed by atoms with van der Waals surface area (Å²) in [5, 5.41) is 12.3. The molecule has 0 saturated carbocycles. The third kappa shape index (κ3) is 6.96. The molecule has 3 aromatic carbocycles. The second kappa shape index (κ2) is 11.9. The zero-order chi connectivity index (χ0) is 23.6. The van der Waals surface area contributed by atoms with Gasteiger partial charge in [0.2, 0.25) is 0 Å². The van der Waals surface area contributed by atoms with E-state index in [1.165, 1.54) is 11.6 Å². The first kappa shape index (κ1) is 24.1. The van der Waals surface area contributed by atoms with Gasteiger partial charge in [0.25, 0.3) is 5.91 Å². The molecule has 0 bridgehead atoms. The highest BCUT2D eigenvalue weighted by atomic mass is 79.9. The largest absolute Gasteiger partial charge is 0.490 e. The van der Waals surface area contributed by atoms with Crippen molar-refractivity contribution in [1.29, 1.82) is 5.26 Å². The highest BCUT2D eigenvalue weighted by molar-refractivity contribution is 9.10. The molecule has 3 aromatic rings. The SMILES string of the molecule is CCOc1cc(/C=C(/C#N)C(=O)Nc2ccc(CC)cc2)ccc1OCc1ccc(Br)cc1. The van der Waals surface area contributed by atoms with Crippen LogP contribution in [-0.4, -0.2) is 12.5 Å². The van der Waals surface area contributed by atoms with Crippen LogP contribution in [0.2, 0.25) is 0 Å². The van der Waals surface area contributed by atoms with Gasteiger partial charge in [0, 0.05) is 10.2 Å². The van der Waals surface area contributed by atoms with Crippen LogP contribution in [0.3, 0.4) is 0 Å². The Bertz CT molecular complexity index is 1160. The summed E-state index contributed by atoms with van der Waals surface area (Å²) in [4.78, 5) is 12.6. The molecule has 1 N–H and O–H groups in total. The minimum atomic E-state index is -0.463. The van der Waals surface area contributed by atoms with Crippen LogP contribution >= 0.6 is 15.9 Å². The van der Waals surface area contributed by atoms with Crippen LogP contribution in [0.15, 0.2) is 76.8 Å². The molecular formula is C27H25BrN2O3. The number of halogens is 1. The lowest BCUT2D eigenvalue weighted by molar-refractivity contribution is -0.112. The molecule has 0 spiro atoms. The van der Waals surface area contributed by atoms with Crippen LogP contribution in [0.25, 0.3) is 6.08 Å². The van der Waals surface area contributed by atoms with Crippen LogP contribution in [-0.2, 0) is 17.8 Å². The van der Waals surface area contributed by atoms with E-state index in [0.717, 1.165) is 16.5 Å². The van der Waals surface area contributed by atoms with Crippen LogP contribution in [0, 0.1) is 11.3 Å². The Hall–Kier alpha value is -3.56. The summed E-state index contributed by atoms with van der Waals surface area (Å²) in [6.45, 7) is 4.81. The second-order valence-corrected chi connectivity index (χ2v) is 8.14. The van der Waals surface area contributed by atoms with E-state index < -0.39 is 5.91 Å². The Kier molecular flexibility index (Phi) is 8.68. The number of nitrogens with one attached hydrogen (secondary N) is 1. The van der Waals surface area contributed by atoms with Crippen molar-refractivity contribution in [3.63, 3.8) is 0 Å². The van der Waals surface area contributed by atoms with Crippen molar-refractivity contribution in [2.45, 2.75) is 26.9 Å². The Balaban J connectivity index is 1.75. The first-order valence-electron chi connectivity index (χ1n) is 10.7. The van der Waals surface area contributed by atoms with E-state index in [-0.39, 0.29) is 5.57 Å². The minimum Gasteiger partial charge on any atom is -0.490 e. The van der Waals surface area contributed by atoms with E-state index in [4.69, 9.17) is 9.47 Å². The van der Waals surface area contributed by atoms with Gasteiger partial charge >= 0.3 is 0 Å². The number of rotatable bonds is 9. The maximum atomic E-state index is 12.6. The lowest BCUT2D eigenvalue weighted by Crippen LogP contribution is -2.13. The van der Waals surface area contributed by atoms with Crippen LogP contribution < -0.4 is 14.8 Å². The van der Waals surface area contributed by atoms with Crippen LogP contribution in [0.5, 0.6) is 11.5 Å². The fourth-order valence-corrected chi connectivity index (χ4v) is 3.35. The van der Waals surface area contributed by atoms with Gasteiger partial charge in [0.05, 0.1) is 6.61 Å². The third-order valence-corrected chi connectivity index (χ3v) is 5.40. The highest BCUT2D eigenvalue weighted by Crippen LogP contribution is 2.30. The predicted octanol–water partition coefficient (Wildman–Crippen LogP) is 6.53. The van der Waals surface area contributed by atoms with Crippen LogP contribution in [0.4, 0.5) is 5.69 Å². The Labute approximate surface area is 202 Å². The topological polar surface area (TPSA) is 71.3 Å². The van der Waals surface area contributed by atoms with E-state index >= 15 is 0 Å². The van der Waals surface area contributed by atoms with Gasteiger partial charge in [0.1, 0.15) is 18.2 Å². The zero-order valence-corrected chi connectivity index (χ0v) is 20.2. The van der Waals surface area contributed by atoms with Gasteiger partial charge in [-0.25, -0.2) is 0 Å². The molecule has 168 valence electrons. The van der Waals surface area contributed by atoms with Crippen LogP contribution in [0.1, 0.15) is 30.5 Å². The Morgan fingerprint density at radius 1 is 0.970 bits per heavy atom. The van der Waals surface area contributed by atoms with Crippen molar-refractivity contribution in [2.75, 3.05) is 11.9 Å². The second-order valence-electron chi connectivity index (χ2n) is 7.23. The number of carbonyl (C=O) groups excluding carboxylic acids is 1. The van der Waals surface area contributed by atoms with Crippen molar-refractivity contribution in [2.24, 2.45) is 0 Å². The quantitative estimate of drug-likeness (QED) is 0.265. The molecule has 0 fully saturated rings. The van der Waals surface area contributed by atoms with Gasteiger partial charge in [-0.2, -0.15) is 5.26 Å². The summed E-state index contributed by atoms with van der Waals surface area (Å²) < 4.78 is 12.7. The summed E-state index contributed by atoms with van der Waals surface area (Å²) >= 11 is 3.42. The van der Waals surface area contributed by atoms with Gasteiger partial charge in [-0.15, -0.1) is 0 Å². The minimum absolute atomic E-state index is 0.000507. The number of anilines is 1. The number of aryl methyl sites for hydroxylation is 1. The molecule has 0 unspecified atom stereocenters. The van der Waals surface area contributed by atoms with Gasteiger partial charge in [-0.05, 0) is 72.5 Å². The average Bonchev–Trinajstić information content (AvgIpc) is 2.83. The summed E-state index contributed by atoms with van der Waals surface area (Å²) in [6, 6.07) is 22.8. The van der Waals surface area contributed by atoms with Gasteiger partial charge in [0.15, 0.2) is 11.5 Å². The number of ether oxygens (including phenoxy) is 2. The monoisotopic (exact) mass is 504 g/mol. The first-order chi connectivity index (χ1) is 16.0. The molecule has 33 heavy (non-hydrogen) atoms. The number of hydrogen-bond acceptors (Lipinski definition) is 4. The zero-order valence-electron chi connectivity index (χ0n) is 18.6. The van der Waals surface area contributed by atoms with Gasteiger partial charge in [-0.1, -0.05) is 53.2 Å². The summed E-state index contributed by atoms with van der Waals surface area (Å²) in [5.41, 5.74) is 3.52. The van der Waals surface area contributed by atoms with Gasteiger partial charge in [-0.3, -0.25) is 4.79 Å². The molecule has 0 saturated heterocycles. The number of amides is 1. The molecule has 0 atom stereocenters. The highest BCUT2D eigenvalue weighted by Gasteiger charge is 2.12. The van der Waals surface area contributed by atoms with E-state index in [9.17, 15) is 10.1 Å². The lowest BCUT2D eigenvalue weighted by atomic mass is 10.1. The molecule has 5 nitrogen and oxygen atoms in total.